The van der Waals surface area contributed by atoms with Crippen molar-refractivity contribution in [2.24, 2.45) is 10.8 Å². The van der Waals surface area contributed by atoms with Gasteiger partial charge in [0, 0.05) is 0 Å². The van der Waals surface area contributed by atoms with Crippen molar-refractivity contribution in [1.82, 2.24) is 0 Å². The molecule has 0 saturated heterocycles. The van der Waals surface area contributed by atoms with Gasteiger partial charge in [0.1, 0.15) is 6.07 Å². The van der Waals surface area contributed by atoms with Crippen LogP contribution in [0.1, 0.15) is 5.56 Å². The lowest BCUT2D eigenvalue weighted by Gasteiger charge is -2.15. The molecule has 4 N–H and O–H groups in total. The summed E-state index contributed by atoms with van der Waals surface area (Å²) in [6.07, 6.45) is -4.60. The van der Waals surface area contributed by atoms with Gasteiger partial charge in [0.25, 0.3) is 0 Å². The van der Waals surface area contributed by atoms with Crippen LogP contribution in [0.2, 0.25) is 0 Å². The van der Waals surface area contributed by atoms with Crippen LogP contribution in [-0.2, 0) is 6.18 Å². The fraction of sp³-hybridized carbons (Fsp3) is 0.118. The van der Waals surface area contributed by atoms with Crippen molar-refractivity contribution >= 4 is 17.2 Å². The Morgan fingerprint density at radius 3 is 2.41 bits per heavy atom. The molecule has 2 aromatic rings. The molecule has 2 aromatic carbocycles. The van der Waals surface area contributed by atoms with Crippen molar-refractivity contribution in [2.75, 3.05) is 12.5 Å². The second-order valence-corrected chi connectivity index (χ2v) is 5.06. The molecule has 2 rings (SSSR count). The molecule has 140 valence electrons. The molecule has 0 saturated carbocycles. The number of para-hydroxylation sites is 2. The molecule has 0 heterocycles. The summed E-state index contributed by atoms with van der Waals surface area (Å²) < 4.78 is 49.8. The number of nitrogens with zero attached hydrogens (tertiary/aromatic N) is 2. The van der Waals surface area contributed by atoms with Crippen molar-refractivity contribution < 1.29 is 22.6 Å². The molecular formula is C17H14F3N5O2. The van der Waals surface area contributed by atoms with Crippen LogP contribution >= 0.6 is 0 Å². The molecule has 27 heavy (non-hydrogen) atoms. The number of nitrogens with two attached hydrogens (primary N) is 1. The number of rotatable bonds is 6. The highest BCUT2D eigenvalue weighted by atomic mass is 19.4. The second-order valence-electron chi connectivity index (χ2n) is 5.06. The lowest BCUT2D eigenvalue weighted by atomic mass is 10.2. The zero-order chi connectivity index (χ0) is 20.0. The van der Waals surface area contributed by atoms with Gasteiger partial charge >= 0.3 is 6.18 Å². The third-order valence-electron chi connectivity index (χ3n) is 3.25. The van der Waals surface area contributed by atoms with E-state index in [0.717, 1.165) is 18.2 Å². The van der Waals surface area contributed by atoms with Crippen LogP contribution in [0.4, 0.5) is 18.9 Å². The first-order chi connectivity index (χ1) is 12.8. The van der Waals surface area contributed by atoms with Crippen LogP contribution in [-0.4, -0.2) is 18.7 Å². The first-order valence-corrected chi connectivity index (χ1v) is 7.36. The van der Waals surface area contributed by atoms with E-state index in [1.807, 2.05) is 0 Å². The lowest BCUT2D eigenvalue weighted by Crippen LogP contribution is -2.22. The molecule has 0 atom stereocenters. The highest BCUT2D eigenvalue weighted by Crippen LogP contribution is 2.38. The van der Waals surface area contributed by atoms with Gasteiger partial charge in [-0.25, -0.2) is 0 Å². The van der Waals surface area contributed by atoms with Crippen LogP contribution in [0.15, 0.2) is 47.6 Å². The maximum atomic E-state index is 13.0. The van der Waals surface area contributed by atoms with Gasteiger partial charge < -0.3 is 15.2 Å². The van der Waals surface area contributed by atoms with Crippen molar-refractivity contribution in [3.8, 4) is 23.3 Å². The molecule has 0 bridgehead atoms. The summed E-state index contributed by atoms with van der Waals surface area (Å²) in [5.41, 5.74) is 5.85. The molecule has 10 heteroatoms. The van der Waals surface area contributed by atoms with E-state index in [0.29, 0.717) is 5.75 Å². The van der Waals surface area contributed by atoms with E-state index in [9.17, 15) is 13.2 Å². The minimum absolute atomic E-state index is 0.00269. The number of halogens is 3. The van der Waals surface area contributed by atoms with Crippen molar-refractivity contribution in [2.45, 2.75) is 6.18 Å². The van der Waals surface area contributed by atoms with Crippen LogP contribution in [0.5, 0.6) is 17.2 Å². The fourth-order valence-corrected chi connectivity index (χ4v) is 1.97. The van der Waals surface area contributed by atoms with Crippen molar-refractivity contribution in [1.29, 1.82) is 10.7 Å². The average Bonchev–Trinajstić information content (AvgIpc) is 2.62. The summed E-state index contributed by atoms with van der Waals surface area (Å²) in [5.74, 6) is -0.00609. The SMILES string of the molecule is COc1ccccc1Oc1ccc(C(F)(F)F)cc1N/N=C(\C#N)C(=N)N. The van der Waals surface area contributed by atoms with E-state index in [2.05, 4.69) is 10.5 Å². The van der Waals surface area contributed by atoms with Crippen LogP contribution in [0.3, 0.4) is 0 Å². The molecule has 0 radical (unpaired) electrons. The van der Waals surface area contributed by atoms with E-state index in [-0.39, 0.29) is 17.2 Å². The van der Waals surface area contributed by atoms with Crippen LogP contribution in [0.25, 0.3) is 0 Å². The summed E-state index contributed by atoms with van der Waals surface area (Å²) >= 11 is 0. The van der Waals surface area contributed by atoms with Crippen molar-refractivity contribution in [3.05, 3.63) is 48.0 Å². The summed E-state index contributed by atoms with van der Waals surface area (Å²) in [5, 5.41) is 19.6. The standard InChI is InChI=1S/C17H14F3N5O2/c1-26-14-4-2-3-5-15(14)27-13-7-6-10(17(18,19)20)8-11(13)24-25-12(9-21)16(22)23/h2-8,24H,1H3,(H3,22,23)/b25-12+. The molecule has 0 aliphatic heterocycles. The van der Waals surface area contributed by atoms with Gasteiger partial charge in [0.2, 0.25) is 5.71 Å². The number of methoxy groups -OCH3 is 1. The Balaban J connectivity index is 2.47. The Morgan fingerprint density at radius 1 is 1.19 bits per heavy atom. The number of hydrogen-bond donors (Lipinski definition) is 3. The minimum Gasteiger partial charge on any atom is -0.493 e. The highest BCUT2D eigenvalue weighted by molar-refractivity contribution is 6.45. The van der Waals surface area contributed by atoms with Gasteiger partial charge in [-0.2, -0.15) is 23.5 Å². The topological polar surface area (TPSA) is 117 Å². The van der Waals surface area contributed by atoms with E-state index in [1.54, 1.807) is 30.3 Å². The second kappa shape index (κ2) is 8.09. The average molecular weight is 377 g/mol. The molecule has 0 spiro atoms. The summed E-state index contributed by atoms with van der Waals surface area (Å²) in [7, 11) is 1.42. The van der Waals surface area contributed by atoms with Crippen LogP contribution in [0, 0.1) is 16.7 Å². The molecular weight excluding hydrogens is 363 g/mol. The zero-order valence-corrected chi connectivity index (χ0v) is 14.0. The van der Waals surface area contributed by atoms with E-state index < -0.39 is 23.3 Å². The Bertz CT molecular complexity index is 920. The Hall–Kier alpha value is -3.74. The Kier molecular flexibility index (Phi) is 5.87. The van der Waals surface area contributed by atoms with Gasteiger partial charge in [-0.05, 0) is 30.3 Å². The van der Waals surface area contributed by atoms with Crippen molar-refractivity contribution in [3.63, 3.8) is 0 Å². The van der Waals surface area contributed by atoms with E-state index in [1.165, 1.54) is 7.11 Å². The maximum Gasteiger partial charge on any atom is 0.416 e. The predicted molar refractivity (Wildman–Crippen MR) is 93.1 cm³/mol. The van der Waals surface area contributed by atoms with Crippen LogP contribution < -0.4 is 20.6 Å². The molecule has 0 amide bonds. The number of nitrogens with one attached hydrogen (secondary N) is 2. The summed E-state index contributed by atoms with van der Waals surface area (Å²) in [6.45, 7) is 0. The monoisotopic (exact) mass is 377 g/mol. The number of alkyl halides is 3. The number of benzene rings is 2. The van der Waals surface area contributed by atoms with E-state index >= 15 is 0 Å². The smallest absolute Gasteiger partial charge is 0.416 e. The Morgan fingerprint density at radius 2 is 1.85 bits per heavy atom. The fourth-order valence-electron chi connectivity index (χ4n) is 1.97. The molecule has 0 fully saturated rings. The zero-order valence-electron chi connectivity index (χ0n) is 14.0. The summed E-state index contributed by atoms with van der Waals surface area (Å²) in [4.78, 5) is 0. The molecule has 0 aromatic heterocycles. The van der Waals surface area contributed by atoms with Gasteiger partial charge in [-0.3, -0.25) is 10.8 Å². The normalized spacial score (nSPS) is 11.4. The quantitative estimate of drug-likeness (QED) is 0.403. The minimum atomic E-state index is -4.60. The van der Waals surface area contributed by atoms with Gasteiger partial charge in [-0.15, -0.1) is 0 Å². The molecule has 0 unspecified atom stereocenters. The largest absolute Gasteiger partial charge is 0.493 e. The maximum absolute atomic E-state index is 13.0. The van der Waals surface area contributed by atoms with Gasteiger partial charge in [-0.1, -0.05) is 12.1 Å². The summed E-state index contributed by atoms with van der Waals surface area (Å²) in [6, 6.07) is 10.8. The molecule has 0 aliphatic carbocycles. The number of ether oxygens (including phenoxy) is 2. The third-order valence-corrected chi connectivity index (χ3v) is 3.25. The Labute approximate surface area is 152 Å². The number of amidine groups is 1. The van der Waals surface area contributed by atoms with Gasteiger partial charge in [0.15, 0.2) is 23.1 Å². The van der Waals surface area contributed by atoms with Gasteiger partial charge in [0.05, 0.1) is 18.4 Å². The van der Waals surface area contributed by atoms with E-state index in [4.69, 9.17) is 25.9 Å². The highest BCUT2D eigenvalue weighted by Gasteiger charge is 2.31. The predicted octanol–water partition coefficient (Wildman–Crippen LogP) is 3.73. The number of anilines is 1. The number of hydrazone groups is 1. The number of nitriles is 1. The number of hydrogen-bond acceptors (Lipinski definition) is 6. The third kappa shape index (κ3) is 4.88. The first-order valence-electron chi connectivity index (χ1n) is 7.36. The molecule has 7 nitrogen and oxygen atoms in total. The first kappa shape index (κ1) is 19.6. The lowest BCUT2D eigenvalue weighted by molar-refractivity contribution is -0.137. The molecule has 0 aliphatic rings.